The number of likely N-dealkylation sites (tertiary alicyclic amines) is 1. The Morgan fingerprint density at radius 3 is 2.12 bits per heavy atom. The molecule has 1 aliphatic heterocycles. The standard InChI is InChI=1S/C35H57N9O8/c1-5-21(4)28(43-29(46)23(36)17-20(2)3)32(49)41-25(18-22-11-7-6-8-12-22)31(48)40-24(13-9-15-39-35(37)38)30(47)42-26(19-45)33(50)44-16-10-14-27(44)34(51)52/h6-8,11-12,20-21,23-28,45H,5,9-10,13-19,36H2,1-4H3,(H,40,48)(H,41,49)(H,42,47)(H,43,46)(H,51,52)(H4,37,38,39)/t21-,23-,24-,25-,26-,27-,28-/m0/s1. The lowest BCUT2D eigenvalue weighted by molar-refractivity contribution is -0.150. The minimum atomic E-state index is -1.48. The molecule has 290 valence electrons. The van der Waals surface area contributed by atoms with Crippen molar-refractivity contribution in [2.45, 2.75) is 109 Å². The van der Waals surface area contributed by atoms with Crippen LogP contribution < -0.4 is 38.1 Å². The molecule has 17 nitrogen and oxygen atoms in total. The number of aliphatic carboxylic acids is 1. The van der Waals surface area contributed by atoms with Gasteiger partial charge in [-0.05, 0) is 49.5 Å². The van der Waals surface area contributed by atoms with Crippen molar-refractivity contribution in [3.8, 4) is 0 Å². The van der Waals surface area contributed by atoms with Crippen molar-refractivity contribution in [2.24, 2.45) is 23.3 Å². The second kappa shape index (κ2) is 21.6. The van der Waals surface area contributed by atoms with E-state index in [9.17, 15) is 39.0 Å². The van der Waals surface area contributed by atoms with E-state index in [0.717, 1.165) is 4.90 Å². The number of hydrogen-bond donors (Lipinski definition) is 10. The van der Waals surface area contributed by atoms with Gasteiger partial charge in [-0.3, -0.25) is 29.4 Å². The molecule has 0 spiro atoms. The lowest BCUT2D eigenvalue weighted by Crippen LogP contribution is -2.60. The highest BCUT2D eigenvalue weighted by atomic mass is 16.4. The molecule has 0 aromatic heterocycles. The molecule has 52 heavy (non-hydrogen) atoms. The highest BCUT2D eigenvalue weighted by Crippen LogP contribution is 2.19. The molecule has 1 aliphatic rings. The van der Waals surface area contributed by atoms with Crippen LogP contribution in [-0.2, 0) is 35.2 Å². The second-order valence-corrected chi connectivity index (χ2v) is 13.7. The molecule has 1 fully saturated rings. The highest BCUT2D eigenvalue weighted by Gasteiger charge is 2.39. The fraction of sp³-hybridized carbons (Fsp3) is 0.629. The molecule has 0 aliphatic carbocycles. The summed E-state index contributed by atoms with van der Waals surface area (Å²) in [7, 11) is 0. The predicted molar refractivity (Wildman–Crippen MR) is 193 cm³/mol. The van der Waals surface area contributed by atoms with Crippen LogP contribution in [0.3, 0.4) is 0 Å². The van der Waals surface area contributed by atoms with E-state index in [1.807, 2.05) is 20.8 Å². The number of carbonyl (C=O) groups is 6. The zero-order valence-corrected chi connectivity index (χ0v) is 30.5. The minimum Gasteiger partial charge on any atom is -0.480 e. The molecule has 0 bridgehead atoms. The topological polar surface area (TPSA) is 282 Å². The van der Waals surface area contributed by atoms with E-state index in [0.29, 0.717) is 24.8 Å². The van der Waals surface area contributed by atoms with Gasteiger partial charge < -0.3 is 53.2 Å². The van der Waals surface area contributed by atoms with E-state index in [2.05, 4.69) is 26.6 Å². The molecular formula is C35H57N9O8. The van der Waals surface area contributed by atoms with Crippen LogP contribution in [0.4, 0.5) is 0 Å². The summed E-state index contributed by atoms with van der Waals surface area (Å²) in [5.74, 6) is -5.13. The Bertz CT molecular complexity index is 1380. The molecule has 17 heteroatoms. The zero-order chi connectivity index (χ0) is 39.0. The quantitative estimate of drug-likeness (QED) is 0.0412. The molecule has 0 unspecified atom stereocenters. The molecule has 0 saturated carbocycles. The number of carboxylic acids is 1. The molecule has 1 aromatic carbocycles. The van der Waals surface area contributed by atoms with E-state index in [1.165, 1.54) is 0 Å². The first-order valence-corrected chi connectivity index (χ1v) is 17.8. The van der Waals surface area contributed by atoms with E-state index < -0.39 is 78.4 Å². The molecule has 2 rings (SSSR count). The van der Waals surface area contributed by atoms with Gasteiger partial charge in [-0.1, -0.05) is 64.4 Å². The average molecular weight is 732 g/mol. The molecule has 1 aromatic rings. The number of hydrogen-bond acceptors (Lipinski definition) is 9. The SMILES string of the molecule is CC[C@H](C)[C@H](NC(=O)[C@@H](N)CC(C)C)C(=O)N[C@@H](Cc1ccccc1)C(=O)N[C@@H](CCCNC(=N)N)C(=O)N[C@@H](CO)C(=O)N1CCC[C@H]1C(=O)O. The molecule has 1 heterocycles. The Labute approximate surface area is 304 Å². The van der Waals surface area contributed by atoms with Crippen LogP contribution in [0.5, 0.6) is 0 Å². The summed E-state index contributed by atoms with van der Waals surface area (Å²) in [5, 5.41) is 40.2. The number of carboxylic acid groups (broad SMARTS) is 1. The monoisotopic (exact) mass is 731 g/mol. The van der Waals surface area contributed by atoms with Gasteiger partial charge in [0.2, 0.25) is 29.5 Å². The number of nitrogens with two attached hydrogens (primary N) is 2. The molecule has 1 saturated heterocycles. The van der Waals surface area contributed by atoms with Crippen molar-refractivity contribution in [3.63, 3.8) is 0 Å². The van der Waals surface area contributed by atoms with Crippen molar-refractivity contribution in [1.29, 1.82) is 5.41 Å². The van der Waals surface area contributed by atoms with Crippen molar-refractivity contribution in [1.82, 2.24) is 31.5 Å². The summed E-state index contributed by atoms with van der Waals surface area (Å²) in [6.07, 6.45) is 1.86. The third kappa shape index (κ3) is 13.7. The van der Waals surface area contributed by atoms with E-state index in [1.54, 1.807) is 37.3 Å². The number of amides is 5. The van der Waals surface area contributed by atoms with Gasteiger partial charge in [-0.2, -0.15) is 0 Å². The van der Waals surface area contributed by atoms with Crippen LogP contribution in [0.1, 0.15) is 71.8 Å². The van der Waals surface area contributed by atoms with Crippen LogP contribution in [0, 0.1) is 17.2 Å². The first-order valence-electron chi connectivity index (χ1n) is 17.8. The fourth-order valence-corrected chi connectivity index (χ4v) is 5.91. The summed E-state index contributed by atoms with van der Waals surface area (Å²) in [4.78, 5) is 80.4. The predicted octanol–water partition coefficient (Wildman–Crippen LogP) is -1.08. The van der Waals surface area contributed by atoms with Crippen LogP contribution in [0.15, 0.2) is 30.3 Å². The first-order chi connectivity index (χ1) is 24.6. The maximum absolute atomic E-state index is 14.0. The number of guanidine groups is 1. The normalized spacial score (nSPS) is 17.5. The lowest BCUT2D eigenvalue weighted by Gasteiger charge is -2.29. The number of rotatable bonds is 21. The van der Waals surface area contributed by atoms with Gasteiger partial charge >= 0.3 is 5.97 Å². The zero-order valence-electron chi connectivity index (χ0n) is 30.5. The molecule has 5 amide bonds. The average Bonchev–Trinajstić information content (AvgIpc) is 3.60. The van der Waals surface area contributed by atoms with Gasteiger partial charge in [0.15, 0.2) is 5.96 Å². The molecule has 0 radical (unpaired) electrons. The fourth-order valence-electron chi connectivity index (χ4n) is 5.91. The lowest BCUT2D eigenvalue weighted by atomic mass is 9.96. The smallest absolute Gasteiger partial charge is 0.326 e. The molecule has 7 atom stereocenters. The van der Waals surface area contributed by atoms with E-state index in [4.69, 9.17) is 16.9 Å². The van der Waals surface area contributed by atoms with Gasteiger partial charge in [0.05, 0.1) is 12.6 Å². The summed E-state index contributed by atoms with van der Waals surface area (Å²) in [6, 6.07) is 1.93. The summed E-state index contributed by atoms with van der Waals surface area (Å²) in [6.45, 7) is 6.99. The Morgan fingerprint density at radius 1 is 0.923 bits per heavy atom. The van der Waals surface area contributed by atoms with E-state index >= 15 is 0 Å². The van der Waals surface area contributed by atoms with Gasteiger partial charge in [-0.25, -0.2) is 4.79 Å². The van der Waals surface area contributed by atoms with E-state index in [-0.39, 0.29) is 56.6 Å². The van der Waals surface area contributed by atoms with Crippen molar-refractivity contribution >= 4 is 41.5 Å². The maximum Gasteiger partial charge on any atom is 0.326 e. The third-order valence-electron chi connectivity index (χ3n) is 9.01. The van der Waals surface area contributed by atoms with Gasteiger partial charge in [0.25, 0.3) is 0 Å². The van der Waals surface area contributed by atoms with Crippen LogP contribution in [-0.4, -0.2) is 113 Å². The Morgan fingerprint density at radius 2 is 1.54 bits per heavy atom. The second-order valence-electron chi connectivity index (χ2n) is 13.7. The Kier molecular flexibility index (Phi) is 18.0. The minimum absolute atomic E-state index is 0.00302. The van der Waals surface area contributed by atoms with Crippen LogP contribution in [0.2, 0.25) is 0 Å². The van der Waals surface area contributed by atoms with Crippen molar-refractivity contribution < 1.29 is 39.0 Å². The van der Waals surface area contributed by atoms with Crippen molar-refractivity contribution in [2.75, 3.05) is 19.7 Å². The Balaban J connectivity index is 2.35. The first kappa shape index (κ1) is 43.4. The van der Waals surface area contributed by atoms with Crippen LogP contribution >= 0.6 is 0 Å². The number of carbonyl (C=O) groups excluding carboxylic acids is 5. The third-order valence-corrected chi connectivity index (χ3v) is 9.01. The molecule has 12 N–H and O–H groups in total. The van der Waals surface area contributed by atoms with Crippen molar-refractivity contribution in [3.05, 3.63) is 35.9 Å². The maximum atomic E-state index is 14.0. The summed E-state index contributed by atoms with van der Waals surface area (Å²) in [5.41, 5.74) is 12.2. The van der Waals surface area contributed by atoms with Gasteiger partial charge in [0, 0.05) is 19.5 Å². The number of aliphatic hydroxyl groups is 1. The summed E-state index contributed by atoms with van der Waals surface area (Å²) < 4.78 is 0. The number of aliphatic hydroxyl groups excluding tert-OH is 1. The number of nitrogens with zero attached hydrogens (tertiary/aromatic N) is 1. The number of nitrogens with one attached hydrogen (secondary N) is 6. The number of benzene rings is 1. The van der Waals surface area contributed by atoms with Gasteiger partial charge in [0.1, 0.15) is 30.2 Å². The Hall–Kier alpha value is -4.77. The van der Waals surface area contributed by atoms with Crippen LogP contribution in [0.25, 0.3) is 0 Å². The van der Waals surface area contributed by atoms with Gasteiger partial charge in [-0.15, -0.1) is 0 Å². The highest BCUT2D eigenvalue weighted by molar-refractivity contribution is 5.96. The largest absolute Gasteiger partial charge is 0.480 e. The summed E-state index contributed by atoms with van der Waals surface area (Å²) >= 11 is 0. The molecular weight excluding hydrogens is 674 g/mol.